The van der Waals surface area contributed by atoms with Gasteiger partial charge >= 0.3 is 0 Å². The summed E-state index contributed by atoms with van der Waals surface area (Å²) in [4.78, 5) is 4.39. The number of aromatic nitrogens is 1. The van der Waals surface area contributed by atoms with Gasteiger partial charge < -0.3 is 5.73 Å². The number of aryl methyl sites for hydroxylation is 3. The molecule has 0 aliphatic rings. The van der Waals surface area contributed by atoms with Crippen molar-refractivity contribution >= 4 is 0 Å². The zero-order valence-electron chi connectivity index (χ0n) is 11.3. The standard InChI is InChI=1S/C16H20N2/c1-11-6-7-14(9-13(11)3)10-15(17)16-12(2)5-4-8-18-16/h4-9,15H,10,17H2,1-3H3. The number of nitrogens with zero attached hydrogens (tertiary/aromatic N) is 1. The van der Waals surface area contributed by atoms with Crippen LogP contribution in [0.3, 0.4) is 0 Å². The van der Waals surface area contributed by atoms with Gasteiger partial charge in [-0.25, -0.2) is 0 Å². The van der Waals surface area contributed by atoms with Crippen LogP contribution in [0.25, 0.3) is 0 Å². The summed E-state index contributed by atoms with van der Waals surface area (Å²) in [5.74, 6) is 0. The molecule has 1 atom stereocenters. The Bertz CT molecular complexity index is 547. The number of hydrogen-bond acceptors (Lipinski definition) is 2. The molecule has 0 spiro atoms. The Morgan fingerprint density at radius 2 is 1.83 bits per heavy atom. The molecule has 0 bridgehead atoms. The van der Waals surface area contributed by atoms with Crippen LogP contribution in [0.2, 0.25) is 0 Å². The van der Waals surface area contributed by atoms with Gasteiger partial charge in [0.25, 0.3) is 0 Å². The fraction of sp³-hybridized carbons (Fsp3) is 0.312. The van der Waals surface area contributed by atoms with E-state index in [0.29, 0.717) is 0 Å². The molecule has 2 heteroatoms. The van der Waals surface area contributed by atoms with E-state index in [2.05, 4.69) is 50.0 Å². The van der Waals surface area contributed by atoms with E-state index >= 15 is 0 Å². The SMILES string of the molecule is Cc1ccc(CC(N)c2ncccc2C)cc1C. The van der Waals surface area contributed by atoms with Gasteiger partial charge in [0.2, 0.25) is 0 Å². The molecule has 1 heterocycles. The highest BCUT2D eigenvalue weighted by molar-refractivity contribution is 5.31. The van der Waals surface area contributed by atoms with E-state index in [0.717, 1.165) is 17.7 Å². The second-order valence-corrected chi connectivity index (χ2v) is 4.93. The molecule has 0 saturated carbocycles. The van der Waals surface area contributed by atoms with Crippen molar-refractivity contribution < 1.29 is 0 Å². The van der Waals surface area contributed by atoms with Gasteiger partial charge in [-0.1, -0.05) is 24.3 Å². The van der Waals surface area contributed by atoms with Crippen LogP contribution in [0.1, 0.15) is 34.0 Å². The molecule has 2 aromatic rings. The number of rotatable bonds is 3. The van der Waals surface area contributed by atoms with Gasteiger partial charge in [0.1, 0.15) is 0 Å². The first-order valence-electron chi connectivity index (χ1n) is 6.31. The molecule has 0 fully saturated rings. The van der Waals surface area contributed by atoms with Crippen molar-refractivity contribution in [3.63, 3.8) is 0 Å². The lowest BCUT2D eigenvalue weighted by Crippen LogP contribution is -2.16. The van der Waals surface area contributed by atoms with Crippen molar-refractivity contribution in [1.82, 2.24) is 4.98 Å². The monoisotopic (exact) mass is 240 g/mol. The lowest BCUT2D eigenvalue weighted by atomic mass is 9.98. The number of pyridine rings is 1. The maximum atomic E-state index is 6.25. The van der Waals surface area contributed by atoms with Crippen molar-refractivity contribution in [3.05, 3.63) is 64.5 Å². The van der Waals surface area contributed by atoms with E-state index < -0.39 is 0 Å². The molecule has 18 heavy (non-hydrogen) atoms. The van der Waals surface area contributed by atoms with E-state index in [4.69, 9.17) is 5.73 Å². The molecule has 2 N–H and O–H groups in total. The number of nitrogens with two attached hydrogens (primary N) is 1. The molecule has 0 aliphatic heterocycles. The molecular formula is C16H20N2. The van der Waals surface area contributed by atoms with E-state index in [-0.39, 0.29) is 6.04 Å². The van der Waals surface area contributed by atoms with E-state index in [1.807, 2.05) is 12.3 Å². The topological polar surface area (TPSA) is 38.9 Å². The van der Waals surface area contributed by atoms with Gasteiger partial charge in [-0.15, -0.1) is 0 Å². The third-order valence-electron chi connectivity index (χ3n) is 3.43. The van der Waals surface area contributed by atoms with Crippen molar-refractivity contribution in [2.24, 2.45) is 5.73 Å². The summed E-state index contributed by atoms with van der Waals surface area (Å²) in [6.45, 7) is 6.32. The quantitative estimate of drug-likeness (QED) is 0.894. The maximum Gasteiger partial charge on any atom is 0.0603 e. The first-order valence-corrected chi connectivity index (χ1v) is 6.31. The van der Waals surface area contributed by atoms with Gasteiger partial charge in [0, 0.05) is 6.20 Å². The summed E-state index contributed by atoms with van der Waals surface area (Å²) < 4.78 is 0. The first-order chi connectivity index (χ1) is 8.58. The molecule has 94 valence electrons. The molecule has 2 rings (SSSR count). The zero-order valence-corrected chi connectivity index (χ0v) is 11.3. The highest BCUT2D eigenvalue weighted by Crippen LogP contribution is 2.19. The summed E-state index contributed by atoms with van der Waals surface area (Å²) >= 11 is 0. The van der Waals surface area contributed by atoms with Crippen molar-refractivity contribution in [2.75, 3.05) is 0 Å². The molecule has 1 aromatic carbocycles. The average Bonchev–Trinajstić information content (AvgIpc) is 2.34. The lowest BCUT2D eigenvalue weighted by molar-refractivity contribution is 0.690. The smallest absolute Gasteiger partial charge is 0.0603 e. The van der Waals surface area contributed by atoms with Gasteiger partial charge in [-0.3, -0.25) is 4.98 Å². The Balaban J connectivity index is 2.19. The highest BCUT2D eigenvalue weighted by atomic mass is 14.8. The van der Waals surface area contributed by atoms with Crippen LogP contribution < -0.4 is 5.73 Å². The van der Waals surface area contributed by atoms with Crippen LogP contribution in [-0.2, 0) is 6.42 Å². The second-order valence-electron chi connectivity index (χ2n) is 4.93. The molecule has 1 aromatic heterocycles. The summed E-state index contributed by atoms with van der Waals surface area (Å²) in [5.41, 5.74) is 12.3. The Morgan fingerprint density at radius 1 is 1.06 bits per heavy atom. The number of benzene rings is 1. The fourth-order valence-electron chi connectivity index (χ4n) is 2.17. The Morgan fingerprint density at radius 3 is 2.50 bits per heavy atom. The summed E-state index contributed by atoms with van der Waals surface area (Å²) in [6.07, 6.45) is 2.64. The Labute approximate surface area is 109 Å². The Hall–Kier alpha value is -1.67. The first kappa shape index (κ1) is 12.8. The lowest BCUT2D eigenvalue weighted by Gasteiger charge is -2.14. The molecule has 0 radical (unpaired) electrons. The van der Waals surface area contributed by atoms with E-state index in [1.165, 1.54) is 16.7 Å². The predicted molar refractivity (Wildman–Crippen MR) is 75.5 cm³/mol. The van der Waals surface area contributed by atoms with Crippen LogP contribution in [-0.4, -0.2) is 4.98 Å². The van der Waals surface area contributed by atoms with Crippen molar-refractivity contribution in [1.29, 1.82) is 0 Å². The average molecular weight is 240 g/mol. The minimum absolute atomic E-state index is 0.0340. The maximum absolute atomic E-state index is 6.25. The summed E-state index contributed by atoms with van der Waals surface area (Å²) in [6, 6.07) is 10.5. The van der Waals surface area contributed by atoms with Gasteiger partial charge in [-0.05, 0) is 55.5 Å². The summed E-state index contributed by atoms with van der Waals surface area (Å²) in [5, 5.41) is 0. The Kier molecular flexibility index (Phi) is 3.78. The molecule has 0 saturated heterocycles. The van der Waals surface area contributed by atoms with Crippen molar-refractivity contribution in [2.45, 2.75) is 33.2 Å². The highest BCUT2D eigenvalue weighted by Gasteiger charge is 2.11. The predicted octanol–water partition coefficient (Wildman–Crippen LogP) is 3.25. The van der Waals surface area contributed by atoms with Crippen LogP contribution in [0.5, 0.6) is 0 Å². The zero-order chi connectivity index (χ0) is 13.1. The molecular weight excluding hydrogens is 220 g/mol. The third-order valence-corrected chi connectivity index (χ3v) is 3.43. The third kappa shape index (κ3) is 2.77. The molecule has 2 nitrogen and oxygen atoms in total. The van der Waals surface area contributed by atoms with Crippen LogP contribution in [0.15, 0.2) is 36.5 Å². The second kappa shape index (κ2) is 5.32. The molecule has 0 aliphatic carbocycles. The van der Waals surface area contributed by atoms with Gasteiger partial charge in [-0.2, -0.15) is 0 Å². The minimum Gasteiger partial charge on any atom is -0.322 e. The van der Waals surface area contributed by atoms with Crippen LogP contribution >= 0.6 is 0 Å². The van der Waals surface area contributed by atoms with E-state index in [1.54, 1.807) is 0 Å². The van der Waals surface area contributed by atoms with E-state index in [9.17, 15) is 0 Å². The largest absolute Gasteiger partial charge is 0.322 e. The number of hydrogen-bond donors (Lipinski definition) is 1. The van der Waals surface area contributed by atoms with Gasteiger partial charge in [0.05, 0.1) is 11.7 Å². The van der Waals surface area contributed by atoms with Gasteiger partial charge in [0.15, 0.2) is 0 Å². The summed E-state index contributed by atoms with van der Waals surface area (Å²) in [7, 11) is 0. The fourth-order valence-corrected chi connectivity index (χ4v) is 2.17. The minimum atomic E-state index is -0.0340. The van der Waals surface area contributed by atoms with Crippen molar-refractivity contribution in [3.8, 4) is 0 Å². The molecule has 1 unspecified atom stereocenters. The van der Waals surface area contributed by atoms with Crippen LogP contribution in [0, 0.1) is 20.8 Å². The van der Waals surface area contributed by atoms with Crippen LogP contribution in [0.4, 0.5) is 0 Å². The molecule has 0 amide bonds. The normalized spacial score (nSPS) is 12.4.